The van der Waals surface area contributed by atoms with Gasteiger partial charge in [0, 0.05) is 30.1 Å². The van der Waals surface area contributed by atoms with Crippen molar-refractivity contribution < 1.29 is 0 Å². The van der Waals surface area contributed by atoms with Crippen molar-refractivity contribution in [3.8, 4) is 22.9 Å². The highest BCUT2D eigenvalue weighted by Gasteiger charge is 2.20. The monoisotopic (exact) mass is 362 g/mol. The molecule has 1 aliphatic heterocycles. The van der Waals surface area contributed by atoms with E-state index >= 15 is 0 Å². The van der Waals surface area contributed by atoms with Crippen LogP contribution >= 0.6 is 11.3 Å². The molecule has 3 aromatic heterocycles. The Hall–Kier alpha value is -2.69. The molecule has 0 atom stereocenters. The third-order valence-corrected chi connectivity index (χ3v) is 5.92. The van der Waals surface area contributed by atoms with Crippen molar-refractivity contribution >= 4 is 27.2 Å². The van der Waals surface area contributed by atoms with Crippen LogP contribution < -0.4 is 5.32 Å². The summed E-state index contributed by atoms with van der Waals surface area (Å²) >= 11 is 1.60. The van der Waals surface area contributed by atoms with Gasteiger partial charge in [-0.25, -0.2) is 9.50 Å². The minimum Gasteiger partial charge on any atom is -0.317 e. The summed E-state index contributed by atoms with van der Waals surface area (Å²) in [7, 11) is 1.90. The van der Waals surface area contributed by atoms with Gasteiger partial charge in [0.2, 0.25) is 4.96 Å². The van der Waals surface area contributed by atoms with Crippen LogP contribution in [-0.2, 0) is 7.05 Å². The van der Waals surface area contributed by atoms with Gasteiger partial charge in [0.15, 0.2) is 0 Å². The quantitative estimate of drug-likeness (QED) is 0.557. The van der Waals surface area contributed by atoms with E-state index < -0.39 is 0 Å². The first-order valence-corrected chi connectivity index (χ1v) is 9.54. The summed E-state index contributed by atoms with van der Waals surface area (Å²) in [4.78, 5) is 5.76. The van der Waals surface area contributed by atoms with E-state index in [9.17, 15) is 0 Å². The van der Waals surface area contributed by atoms with Gasteiger partial charge in [0.1, 0.15) is 10.5 Å². The standard InChI is InChI=1S/C19H18N6S/c1-3-12-8-14(9-15-10-24(2)22-17(12)15)18-23-25-11-16(21-19(25)26-18)13-4-6-20-7-5-13/h1,8-11,13,20H,4-7H2,2H3. The molecule has 0 aliphatic carbocycles. The zero-order valence-electron chi connectivity index (χ0n) is 14.4. The zero-order chi connectivity index (χ0) is 17.7. The predicted molar refractivity (Wildman–Crippen MR) is 103 cm³/mol. The summed E-state index contributed by atoms with van der Waals surface area (Å²) in [5.74, 6) is 3.28. The van der Waals surface area contributed by atoms with Crippen LogP contribution in [0.4, 0.5) is 0 Å². The largest absolute Gasteiger partial charge is 0.317 e. The summed E-state index contributed by atoms with van der Waals surface area (Å²) in [5.41, 5.74) is 3.82. The molecular weight excluding hydrogens is 344 g/mol. The number of hydrogen-bond donors (Lipinski definition) is 1. The molecule has 0 bridgehead atoms. The molecule has 0 amide bonds. The number of nitrogens with one attached hydrogen (secondary N) is 1. The lowest BCUT2D eigenvalue weighted by molar-refractivity contribution is 0.454. The molecule has 1 N–H and O–H groups in total. The molecule has 6 nitrogen and oxygen atoms in total. The second kappa shape index (κ2) is 5.94. The first-order valence-electron chi connectivity index (χ1n) is 8.72. The zero-order valence-corrected chi connectivity index (χ0v) is 15.3. The van der Waals surface area contributed by atoms with Crippen LogP contribution in [0.15, 0.2) is 24.5 Å². The number of fused-ring (bicyclic) bond motifs is 2. The van der Waals surface area contributed by atoms with Crippen LogP contribution in [0.5, 0.6) is 0 Å². The second-order valence-electron chi connectivity index (χ2n) is 6.73. The van der Waals surface area contributed by atoms with Crippen molar-refractivity contribution in [3.05, 3.63) is 35.8 Å². The van der Waals surface area contributed by atoms with Gasteiger partial charge in [-0.3, -0.25) is 4.68 Å². The Bertz CT molecular complexity index is 1120. The Labute approximate surface area is 154 Å². The summed E-state index contributed by atoms with van der Waals surface area (Å²) in [5, 5.41) is 14.5. The van der Waals surface area contributed by atoms with E-state index in [1.165, 1.54) is 0 Å². The van der Waals surface area contributed by atoms with Crippen LogP contribution in [0.1, 0.15) is 30.0 Å². The van der Waals surface area contributed by atoms with Crippen molar-refractivity contribution in [2.45, 2.75) is 18.8 Å². The lowest BCUT2D eigenvalue weighted by Crippen LogP contribution is -2.26. The van der Waals surface area contributed by atoms with E-state index in [0.29, 0.717) is 5.92 Å². The summed E-state index contributed by atoms with van der Waals surface area (Å²) in [6.45, 7) is 2.13. The molecular formula is C19H18N6S. The Balaban J connectivity index is 1.55. The highest BCUT2D eigenvalue weighted by atomic mass is 32.1. The highest BCUT2D eigenvalue weighted by molar-refractivity contribution is 7.19. The average Bonchev–Trinajstić information content (AvgIpc) is 3.33. The maximum absolute atomic E-state index is 5.69. The van der Waals surface area contributed by atoms with Crippen LogP contribution in [0.2, 0.25) is 0 Å². The van der Waals surface area contributed by atoms with Gasteiger partial charge in [0.25, 0.3) is 0 Å². The Morgan fingerprint density at radius 2 is 2.08 bits per heavy atom. The predicted octanol–water partition coefficient (Wildman–Crippen LogP) is 2.79. The van der Waals surface area contributed by atoms with Crippen molar-refractivity contribution in [2.75, 3.05) is 13.1 Å². The summed E-state index contributed by atoms with van der Waals surface area (Å²) in [6.07, 6.45) is 12.0. The number of rotatable bonds is 2. The molecule has 130 valence electrons. The molecule has 1 fully saturated rings. The van der Waals surface area contributed by atoms with E-state index in [2.05, 4.69) is 28.6 Å². The number of piperidine rings is 1. The Morgan fingerprint density at radius 1 is 1.23 bits per heavy atom. The molecule has 4 aromatic rings. The fourth-order valence-corrected chi connectivity index (χ4v) is 4.51. The molecule has 1 aromatic carbocycles. The first kappa shape index (κ1) is 15.6. The van der Waals surface area contributed by atoms with Crippen molar-refractivity contribution in [2.24, 2.45) is 7.05 Å². The molecule has 4 heterocycles. The smallest absolute Gasteiger partial charge is 0.212 e. The molecule has 0 unspecified atom stereocenters. The number of nitrogens with zero attached hydrogens (tertiary/aromatic N) is 5. The average molecular weight is 362 g/mol. The van der Waals surface area contributed by atoms with E-state index in [-0.39, 0.29) is 0 Å². The van der Waals surface area contributed by atoms with Gasteiger partial charge in [0.05, 0.1) is 17.5 Å². The Kier molecular flexibility index (Phi) is 3.55. The molecule has 0 saturated carbocycles. The van der Waals surface area contributed by atoms with Gasteiger partial charge < -0.3 is 5.32 Å². The molecule has 1 aliphatic rings. The third-order valence-electron chi connectivity index (χ3n) is 4.94. The van der Waals surface area contributed by atoms with Crippen molar-refractivity contribution in [1.29, 1.82) is 0 Å². The number of benzene rings is 1. The van der Waals surface area contributed by atoms with E-state index in [1.54, 1.807) is 16.0 Å². The van der Waals surface area contributed by atoms with E-state index in [0.717, 1.165) is 63.6 Å². The lowest BCUT2D eigenvalue weighted by Gasteiger charge is -2.20. The molecule has 0 radical (unpaired) electrons. The fourth-order valence-electron chi connectivity index (χ4n) is 3.64. The van der Waals surface area contributed by atoms with Crippen molar-refractivity contribution in [3.63, 3.8) is 0 Å². The maximum Gasteiger partial charge on any atom is 0.212 e. The topological polar surface area (TPSA) is 60.0 Å². The summed E-state index contributed by atoms with van der Waals surface area (Å²) in [6, 6.07) is 4.08. The van der Waals surface area contributed by atoms with Crippen molar-refractivity contribution in [1.82, 2.24) is 29.7 Å². The van der Waals surface area contributed by atoms with Gasteiger partial charge in [-0.2, -0.15) is 10.2 Å². The first-order chi connectivity index (χ1) is 12.7. The van der Waals surface area contributed by atoms with Gasteiger partial charge in [-0.05, 0) is 38.1 Å². The minimum atomic E-state index is 0.536. The van der Waals surface area contributed by atoms with Crippen LogP contribution in [0.3, 0.4) is 0 Å². The number of hydrogen-bond acceptors (Lipinski definition) is 5. The molecule has 0 spiro atoms. The number of aryl methyl sites for hydroxylation is 1. The SMILES string of the molecule is C#Cc1cc(-c2nn3cc(C4CCNCC4)nc3s2)cc2cn(C)nc12. The fraction of sp³-hybridized carbons (Fsp3) is 0.316. The third kappa shape index (κ3) is 2.50. The normalized spacial score (nSPS) is 15.7. The molecule has 5 rings (SSSR count). The van der Waals surface area contributed by atoms with Gasteiger partial charge in [-0.1, -0.05) is 17.3 Å². The molecule has 26 heavy (non-hydrogen) atoms. The highest BCUT2D eigenvalue weighted by Crippen LogP contribution is 2.32. The van der Waals surface area contributed by atoms with Crippen LogP contribution in [0.25, 0.3) is 26.4 Å². The summed E-state index contributed by atoms with van der Waals surface area (Å²) < 4.78 is 3.69. The maximum atomic E-state index is 5.69. The van der Waals surface area contributed by atoms with E-state index in [1.807, 2.05) is 23.8 Å². The van der Waals surface area contributed by atoms with Gasteiger partial charge >= 0.3 is 0 Å². The lowest BCUT2D eigenvalue weighted by atomic mass is 9.95. The van der Waals surface area contributed by atoms with Crippen LogP contribution in [-0.4, -0.2) is 37.5 Å². The van der Waals surface area contributed by atoms with Crippen LogP contribution in [0, 0.1) is 12.3 Å². The number of imidazole rings is 1. The molecule has 1 saturated heterocycles. The minimum absolute atomic E-state index is 0.536. The number of aromatic nitrogens is 5. The Morgan fingerprint density at radius 3 is 2.85 bits per heavy atom. The number of terminal acetylenes is 1. The van der Waals surface area contributed by atoms with E-state index in [4.69, 9.17) is 16.5 Å². The van der Waals surface area contributed by atoms with Gasteiger partial charge in [-0.15, -0.1) is 6.42 Å². The molecule has 7 heteroatoms. The second-order valence-corrected chi connectivity index (χ2v) is 7.69.